The highest BCUT2D eigenvalue weighted by molar-refractivity contribution is 7.90. The summed E-state index contributed by atoms with van der Waals surface area (Å²) in [6.07, 6.45) is 7.52. The average molecular weight is 543 g/mol. The highest BCUT2D eigenvalue weighted by Gasteiger charge is 2.35. The third kappa shape index (κ3) is 4.86. The minimum atomic E-state index is -3.79. The van der Waals surface area contributed by atoms with Crippen molar-refractivity contribution in [2.45, 2.75) is 42.7 Å². The van der Waals surface area contributed by atoms with Crippen molar-refractivity contribution in [2.75, 3.05) is 18.7 Å². The first-order valence-corrected chi connectivity index (χ1v) is 14.0. The van der Waals surface area contributed by atoms with Gasteiger partial charge in [-0.05, 0) is 60.6 Å². The van der Waals surface area contributed by atoms with E-state index in [1.165, 1.54) is 10.6 Å². The van der Waals surface area contributed by atoms with Crippen molar-refractivity contribution in [3.8, 4) is 11.3 Å². The minimum Gasteiger partial charge on any atom is -0.380 e. The van der Waals surface area contributed by atoms with E-state index in [4.69, 9.17) is 10.5 Å². The first-order chi connectivity index (χ1) is 18.1. The molecule has 1 fully saturated rings. The number of halogens is 2. The number of benzene rings is 1. The lowest BCUT2D eigenvalue weighted by molar-refractivity contribution is 0.00984. The fraction of sp³-hybridized carbons (Fsp3) is 0.346. The molecule has 200 valence electrons. The fourth-order valence-corrected chi connectivity index (χ4v) is 5.96. The van der Waals surface area contributed by atoms with E-state index in [-0.39, 0.29) is 29.7 Å². The van der Waals surface area contributed by atoms with Gasteiger partial charge in [-0.2, -0.15) is 9.61 Å². The van der Waals surface area contributed by atoms with Gasteiger partial charge in [-0.25, -0.2) is 22.2 Å². The molecule has 0 bridgehead atoms. The van der Waals surface area contributed by atoms with Crippen LogP contribution in [-0.4, -0.2) is 53.5 Å². The number of imidazole rings is 1. The van der Waals surface area contributed by atoms with Gasteiger partial charge in [0.25, 0.3) is 0 Å². The number of nitrogens with two attached hydrogens (primary N) is 1. The molecule has 0 aliphatic heterocycles. The van der Waals surface area contributed by atoms with E-state index in [0.29, 0.717) is 11.5 Å². The van der Waals surface area contributed by atoms with Crippen LogP contribution in [0.15, 0.2) is 53.8 Å². The van der Waals surface area contributed by atoms with Gasteiger partial charge >= 0.3 is 0 Å². The van der Waals surface area contributed by atoms with Gasteiger partial charge < -0.3 is 15.8 Å². The molecule has 3 N–H and O–H groups in total. The number of hydrogen-bond donors (Lipinski definition) is 2. The molecule has 0 amide bonds. The molecule has 4 atom stereocenters. The molecule has 0 spiro atoms. The summed E-state index contributed by atoms with van der Waals surface area (Å²) < 4.78 is 60.3. The third-order valence-corrected chi connectivity index (χ3v) is 8.18. The SMILES string of the molecule is CO[C@@H]1C(N)C[C@H](c2ccncc2Nc2ncc3ccc(-c4c(F)cc(S(C)(=O)=O)cc4F)nn23)C[C@@H]1C. The maximum absolute atomic E-state index is 14.9. The Morgan fingerprint density at radius 1 is 1.13 bits per heavy atom. The van der Waals surface area contributed by atoms with Crippen molar-refractivity contribution in [3.05, 3.63) is 66.1 Å². The Morgan fingerprint density at radius 2 is 1.87 bits per heavy atom. The number of rotatable bonds is 6. The number of pyridine rings is 1. The van der Waals surface area contributed by atoms with Crippen LogP contribution >= 0.6 is 0 Å². The van der Waals surface area contributed by atoms with Crippen molar-refractivity contribution >= 4 is 27.0 Å². The lowest BCUT2D eigenvalue weighted by Crippen LogP contribution is -2.45. The van der Waals surface area contributed by atoms with E-state index in [9.17, 15) is 17.2 Å². The summed E-state index contributed by atoms with van der Waals surface area (Å²) in [5, 5.41) is 7.68. The van der Waals surface area contributed by atoms with Crippen LogP contribution < -0.4 is 11.1 Å². The van der Waals surface area contributed by atoms with Crippen LogP contribution in [0.2, 0.25) is 0 Å². The summed E-state index contributed by atoms with van der Waals surface area (Å²) in [5.74, 6) is -1.29. The Hall–Kier alpha value is -3.48. The Bertz CT molecular complexity index is 1570. The average Bonchev–Trinajstić information content (AvgIpc) is 3.25. The van der Waals surface area contributed by atoms with Crippen molar-refractivity contribution in [2.24, 2.45) is 11.7 Å². The maximum Gasteiger partial charge on any atom is 0.229 e. The van der Waals surface area contributed by atoms with Crippen molar-refractivity contribution < 1.29 is 21.9 Å². The minimum absolute atomic E-state index is 0.00403. The molecule has 0 saturated heterocycles. The number of hydrogen-bond acceptors (Lipinski definition) is 8. The molecule has 9 nitrogen and oxygen atoms in total. The number of nitrogens with zero attached hydrogens (tertiary/aromatic N) is 4. The summed E-state index contributed by atoms with van der Waals surface area (Å²) in [5.41, 5.74) is 8.31. The van der Waals surface area contributed by atoms with E-state index in [2.05, 4.69) is 27.3 Å². The van der Waals surface area contributed by atoms with E-state index in [0.717, 1.165) is 42.5 Å². The summed E-state index contributed by atoms with van der Waals surface area (Å²) in [6.45, 7) is 2.13. The van der Waals surface area contributed by atoms with Crippen molar-refractivity contribution in [1.29, 1.82) is 0 Å². The number of aromatic nitrogens is 4. The van der Waals surface area contributed by atoms with Crippen LogP contribution in [0.3, 0.4) is 0 Å². The zero-order valence-corrected chi connectivity index (χ0v) is 21.9. The molecular formula is C26H28F2N6O3S. The Morgan fingerprint density at radius 3 is 2.53 bits per heavy atom. The van der Waals surface area contributed by atoms with Gasteiger partial charge in [-0.15, -0.1) is 0 Å². The molecule has 12 heteroatoms. The standard InChI is InChI=1S/C26H28F2N6O3S/c1-14-8-15(9-21(29)25(14)37-2)18-6-7-30-13-23(18)32-26-31-12-16-4-5-22(33-34(16)26)24-19(27)10-17(11-20(24)28)38(3,35)36/h4-7,10-15,21,25H,8-9,29H2,1-3H3,(H,31,32)/t14-,15+,21?,25-/m0/s1. The van der Waals surface area contributed by atoms with Crippen LogP contribution in [0.5, 0.6) is 0 Å². The number of anilines is 2. The summed E-state index contributed by atoms with van der Waals surface area (Å²) in [7, 11) is -2.10. The van der Waals surface area contributed by atoms with Crippen molar-refractivity contribution in [3.63, 3.8) is 0 Å². The molecule has 1 saturated carbocycles. The second-order valence-corrected chi connectivity index (χ2v) is 11.8. The lowest BCUT2D eigenvalue weighted by Gasteiger charge is -2.38. The normalized spacial score (nSPS) is 22.1. The lowest BCUT2D eigenvalue weighted by atomic mass is 9.74. The topological polar surface area (TPSA) is 124 Å². The van der Waals surface area contributed by atoms with Gasteiger partial charge in [0.1, 0.15) is 11.6 Å². The predicted octanol–water partition coefficient (Wildman–Crippen LogP) is 4.07. The monoisotopic (exact) mass is 542 g/mol. The Kier molecular flexibility index (Phi) is 6.88. The zero-order chi connectivity index (χ0) is 27.2. The van der Waals surface area contributed by atoms with Crippen molar-refractivity contribution in [1.82, 2.24) is 19.6 Å². The zero-order valence-electron chi connectivity index (χ0n) is 21.1. The van der Waals surface area contributed by atoms with Gasteiger partial charge in [0.2, 0.25) is 5.95 Å². The highest BCUT2D eigenvalue weighted by atomic mass is 32.2. The number of ether oxygens (including phenoxy) is 1. The second kappa shape index (κ2) is 10.0. The first-order valence-electron chi connectivity index (χ1n) is 12.1. The highest BCUT2D eigenvalue weighted by Crippen LogP contribution is 2.40. The van der Waals surface area contributed by atoms with E-state index in [1.54, 1.807) is 31.8 Å². The number of sulfone groups is 1. The summed E-state index contributed by atoms with van der Waals surface area (Å²) >= 11 is 0. The predicted molar refractivity (Wildman–Crippen MR) is 139 cm³/mol. The molecular weight excluding hydrogens is 514 g/mol. The largest absolute Gasteiger partial charge is 0.380 e. The Balaban J connectivity index is 1.50. The van der Waals surface area contributed by atoms with E-state index < -0.39 is 31.9 Å². The number of fused-ring (bicyclic) bond motifs is 1. The third-order valence-electron chi connectivity index (χ3n) is 7.09. The molecule has 3 aromatic heterocycles. The Labute approximate surface area is 219 Å². The maximum atomic E-state index is 14.9. The molecule has 38 heavy (non-hydrogen) atoms. The summed E-state index contributed by atoms with van der Waals surface area (Å²) in [6, 6.07) is 6.50. The molecule has 1 aliphatic carbocycles. The molecule has 1 aliphatic rings. The van der Waals surface area contributed by atoms with Crippen LogP contribution in [0, 0.1) is 17.6 Å². The molecule has 0 radical (unpaired) electrons. The molecule has 5 rings (SSSR count). The van der Waals surface area contributed by atoms with Crippen LogP contribution in [0.4, 0.5) is 20.4 Å². The number of methoxy groups -OCH3 is 1. The molecule has 3 heterocycles. The molecule has 1 aromatic carbocycles. The second-order valence-electron chi connectivity index (χ2n) is 9.77. The van der Waals surface area contributed by atoms with Gasteiger partial charge in [0, 0.05) is 25.6 Å². The van der Waals surface area contributed by atoms with Crippen LogP contribution in [0.25, 0.3) is 16.8 Å². The fourth-order valence-electron chi connectivity index (χ4n) is 5.32. The van der Waals surface area contributed by atoms with Gasteiger partial charge in [-0.3, -0.25) is 4.98 Å². The first kappa shape index (κ1) is 26.1. The molecule has 4 aromatic rings. The molecule has 1 unspecified atom stereocenters. The quantitative estimate of drug-likeness (QED) is 0.374. The van der Waals surface area contributed by atoms with Gasteiger partial charge in [0.05, 0.1) is 45.9 Å². The van der Waals surface area contributed by atoms with E-state index >= 15 is 0 Å². The smallest absolute Gasteiger partial charge is 0.229 e. The van der Waals surface area contributed by atoms with Crippen LogP contribution in [0.1, 0.15) is 31.2 Å². The van der Waals surface area contributed by atoms with E-state index in [1.807, 2.05) is 6.07 Å². The van der Waals surface area contributed by atoms with Gasteiger partial charge in [0.15, 0.2) is 9.84 Å². The van der Waals surface area contributed by atoms with Gasteiger partial charge in [-0.1, -0.05) is 6.92 Å². The summed E-state index contributed by atoms with van der Waals surface area (Å²) in [4.78, 5) is 8.23. The number of nitrogens with one attached hydrogen (secondary N) is 1. The van der Waals surface area contributed by atoms with Crippen LogP contribution in [-0.2, 0) is 14.6 Å².